The third-order valence-corrected chi connectivity index (χ3v) is 4.57. The molecule has 1 N–H and O–H groups in total. The Morgan fingerprint density at radius 2 is 2.29 bits per heavy atom. The summed E-state index contributed by atoms with van der Waals surface area (Å²) in [5.41, 5.74) is 1.32. The monoisotopic (exact) mass is 291 g/mol. The summed E-state index contributed by atoms with van der Waals surface area (Å²) < 4.78 is 5.41. The summed E-state index contributed by atoms with van der Waals surface area (Å²) in [5, 5.41) is 3.68. The summed E-state index contributed by atoms with van der Waals surface area (Å²) in [7, 11) is 1.69. The van der Waals surface area contributed by atoms with E-state index in [-0.39, 0.29) is 5.54 Å². The standard InChI is InChI=1S/C17H29N3O/c1-6-13(2)15-10-19-17(3,4)12-20(15)11-14-8-7-9-18-16(14)21-5/h7-9,13,15,19H,6,10-12H2,1-5H3. The van der Waals surface area contributed by atoms with E-state index in [4.69, 9.17) is 4.74 Å². The van der Waals surface area contributed by atoms with Crippen LogP contribution in [0.1, 0.15) is 39.7 Å². The van der Waals surface area contributed by atoms with Crippen LogP contribution < -0.4 is 10.1 Å². The Hall–Kier alpha value is -1.13. The zero-order chi connectivity index (χ0) is 15.5. The van der Waals surface area contributed by atoms with E-state index in [9.17, 15) is 0 Å². The lowest BCUT2D eigenvalue weighted by Crippen LogP contribution is -2.62. The zero-order valence-corrected chi connectivity index (χ0v) is 14.0. The molecule has 4 heteroatoms. The number of ether oxygens (including phenoxy) is 1. The molecule has 1 saturated heterocycles. The SMILES string of the molecule is CCC(C)C1CNC(C)(C)CN1Cc1cccnc1OC. The molecule has 1 aromatic rings. The highest BCUT2D eigenvalue weighted by Crippen LogP contribution is 2.26. The van der Waals surface area contributed by atoms with Gasteiger partial charge in [0, 0.05) is 43.0 Å². The Bertz CT molecular complexity index is 461. The number of pyridine rings is 1. The molecule has 0 saturated carbocycles. The van der Waals surface area contributed by atoms with E-state index in [1.54, 1.807) is 13.3 Å². The highest BCUT2D eigenvalue weighted by atomic mass is 16.5. The first kappa shape index (κ1) is 16.2. The zero-order valence-electron chi connectivity index (χ0n) is 14.0. The molecule has 0 aliphatic carbocycles. The Balaban J connectivity index is 2.19. The van der Waals surface area contributed by atoms with Crippen molar-refractivity contribution < 1.29 is 4.74 Å². The van der Waals surface area contributed by atoms with Crippen LogP contribution in [0.15, 0.2) is 18.3 Å². The van der Waals surface area contributed by atoms with Crippen molar-refractivity contribution in [1.29, 1.82) is 0 Å². The molecule has 2 atom stereocenters. The molecule has 2 unspecified atom stereocenters. The van der Waals surface area contributed by atoms with Gasteiger partial charge >= 0.3 is 0 Å². The molecular weight excluding hydrogens is 262 g/mol. The Morgan fingerprint density at radius 3 is 2.95 bits per heavy atom. The maximum atomic E-state index is 5.41. The van der Waals surface area contributed by atoms with E-state index in [2.05, 4.69) is 49.0 Å². The summed E-state index contributed by atoms with van der Waals surface area (Å²) in [4.78, 5) is 6.91. The highest BCUT2D eigenvalue weighted by Gasteiger charge is 2.34. The predicted molar refractivity (Wildman–Crippen MR) is 86.5 cm³/mol. The number of nitrogens with zero attached hydrogens (tertiary/aromatic N) is 2. The molecular formula is C17H29N3O. The molecule has 0 amide bonds. The van der Waals surface area contributed by atoms with E-state index in [1.165, 1.54) is 12.0 Å². The molecule has 118 valence electrons. The van der Waals surface area contributed by atoms with Gasteiger partial charge in [-0.3, -0.25) is 4.90 Å². The molecule has 0 bridgehead atoms. The van der Waals surface area contributed by atoms with Crippen molar-refractivity contribution in [3.8, 4) is 5.88 Å². The number of methoxy groups -OCH3 is 1. The number of aromatic nitrogens is 1. The highest BCUT2D eigenvalue weighted by molar-refractivity contribution is 5.25. The first-order chi connectivity index (χ1) is 9.96. The van der Waals surface area contributed by atoms with Crippen LogP contribution in [-0.2, 0) is 6.54 Å². The number of nitrogens with one attached hydrogen (secondary N) is 1. The minimum atomic E-state index is 0.152. The van der Waals surface area contributed by atoms with E-state index in [1.807, 2.05) is 6.07 Å². The predicted octanol–water partition coefficient (Wildman–Crippen LogP) is 2.69. The maximum absolute atomic E-state index is 5.41. The quantitative estimate of drug-likeness (QED) is 0.905. The van der Waals surface area contributed by atoms with Gasteiger partial charge in [0.05, 0.1) is 7.11 Å². The fourth-order valence-electron chi connectivity index (χ4n) is 3.14. The van der Waals surface area contributed by atoms with E-state index < -0.39 is 0 Å². The van der Waals surface area contributed by atoms with Gasteiger partial charge in [-0.05, 0) is 25.8 Å². The van der Waals surface area contributed by atoms with Gasteiger partial charge < -0.3 is 10.1 Å². The van der Waals surface area contributed by atoms with Crippen molar-refractivity contribution in [3.63, 3.8) is 0 Å². The molecule has 1 aliphatic heterocycles. The van der Waals surface area contributed by atoms with Gasteiger partial charge in [0.15, 0.2) is 0 Å². The number of rotatable bonds is 5. The molecule has 4 nitrogen and oxygen atoms in total. The largest absolute Gasteiger partial charge is 0.481 e. The van der Waals surface area contributed by atoms with Gasteiger partial charge in [-0.25, -0.2) is 4.98 Å². The van der Waals surface area contributed by atoms with Crippen LogP contribution in [0.25, 0.3) is 0 Å². The second kappa shape index (κ2) is 6.75. The molecule has 1 aliphatic rings. The minimum absolute atomic E-state index is 0.152. The number of hydrogen-bond donors (Lipinski definition) is 1. The first-order valence-corrected chi connectivity index (χ1v) is 7.94. The van der Waals surface area contributed by atoms with Crippen molar-refractivity contribution in [2.45, 2.75) is 52.2 Å². The third-order valence-electron chi connectivity index (χ3n) is 4.57. The van der Waals surface area contributed by atoms with Gasteiger partial charge in [-0.2, -0.15) is 0 Å². The summed E-state index contributed by atoms with van der Waals surface area (Å²) in [6, 6.07) is 4.67. The lowest BCUT2D eigenvalue weighted by Gasteiger charge is -2.46. The summed E-state index contributed by atoms with van der Waals surface area (Å²) in [6.07, 6.45) is 2.99. The Labute approximate surface area is 128 Å². The van der Waals surface area contributed by atoms with Crippen molar-refractivity contribution in [2.24, 2.45) is 5.92 Å². The van der Waals surface area contributed by atoms with Crippen LogP contribution in [0.5, 0.6) is 5.88 Å². The summed E-state index contributed by atoms with van der Waals surface area (Å²) in [5.74, 6) is 1.42. The second-order valence-corrected chi connectivity index (χ2v) is 6.79. The van der Waals surface area contributed by atoms with Gasteiger partial charge in [-0.1, -0.05) is 26.3 Å². The smallest absolute Gasteiger partial charge is 0.217 e. The van der Waals surface area contributed by atoms with Crippen LogP contribution in [0.3, 0.4) is 0 Å². The van der Waals surface area contributed by atoms with Gasteiger partial charge in [-0.15, -0.1) is 0 Å². The first-order valence-electron chi connectivity index (χ1n) is 7.94. The Kier molecular flexibility index (Phi) is 5.22. The van der Waals surface area contributed by atoms with Gasteiger partial charge in [0.25, 0.3) is 0 Å². The molecule has 2 heterocycles. The lowest BCUT2D eigenvalue weighted by molar-refractivity contribution is 0.0563. The van der Waals surface area contributed by atoms with E-state index in [0.29, 0.717) is 12.0 Å². The van der Waals surface area contributed by atoms with E-state index >= 15 is 0 Å². The van der Waals surface area contributed by atoms with Crippen LogP contribution >= 0.6 is 0 Å². The Morgan fingerprint density at radius 1 is 1.52 bits per heavy atom. The molecule has 0 aromatic carbocycles. The maximum Gasteiger partial charge on any atom is 0.217 e. The molecule has 21 heavy (non-hydrogen) atoms. The van der Waals surface area contributed by atoms with Crippen LogP contribution in [0, 0.1) is 5.92 Å². The summed E-state index contributed by atoms with van der Waals surface area (Å²) in [6.45, 7) is 12.1. The second-order valence-electron chi connectivity index (χ2n) is 6.79. The minimum Gasteiger partial charge on any atom is -0.481 e. The fraction of sp³-hybridized carbons (Fsp3) is 0.706. The topological polar surface area (TPSA) is 37.4 Å². The van der Waals surface area contributed by atoms with Crippen LogP contribution in [0.4, 0.5) is 0 Å². The van der Waals surface area contributed by atoms with Crippen molar-refractivity contribution >= 4 is 0 Å². The third kappa shape index (κ3) is 3.95. The molecule has 2 rings (SSSR count). The average molecular weight is 291 g/mol. The normalized spacial score (nSPS) is 23.8. The van der Waals surface area contributed by atoms with Crippen molar-refractivity contribution in [1.82, 2.24) is 15.2 Å². The van der Waals surface area contributed by atoms with Crippen LogP contribution in [0.2, 0.25) is 0 Å². The van der Waals surface area contributed by atoms with E-state index in [0.717, 1.165) is 25.5 Å². The average Bonchev–Trinajstić information content (AvgIpc) is 2.46. The lowest BCUT2D eigenvalue weighted by atomic mass is 9.90. The molecule has 0 radical (unpaired) electrons. The summed E-state index contributed by atoms with van der Waals surface area (Å²) >= 11 is 0. The van der Waals surface area contributed by atoms with Crippen molar-refractivity contribution in [2.75, 3.05) is 20.2 Å². The molecule has 0 spiro atoms. The molecule has 1 fully saturated rings. The molecule has 1 aromatic heterocycles. The van der Waals surface area contributed by atoms with Crippen molar-refractivity contribution in [3.05, 3.63) is 23.9 Å². The fourth-order valence-corrected chi connectivity index (χ4v) is 3.14. The van der Waals surface area contributed by atoms with Gasteiger partial charge in [0.2, 0.25) is 5.88 Å². The van der Waals surface area contributed by atoms with Gasteiger partial charge in [0.1, 0.15) is 0 Å². The number of piperazine rings is 1. The van der Waals surface area contributed by atoms with Crippen LogP contribution in [-0.4, -0.2) is 41.7 Å². The number of hydrogen-bond acceptors (Lipinski definition) is 4.